The van der Waals surface area contributed by atoms with Crippen LogP contribution >= 0.6 is 0 Å². The van der Waals surface area contributed by atoms with Crippen molar-refractivity contribution in [2.45, 2.75) is 39.7 Å². The Morgan fingerprint density at radius 3 is 2.09 bits per heavy atom. The molecule has 0 radical (unpaired) electrons. The lowest BCUT2D eigenvalue weighted by Crippen LogP contribution is -2.31. The summed E-state index contributed by atoms with van der Waals surface area (Å²) in [6.45, 7) is 6.69. The maximum atomic E-state index is 12.5. The van der Waals surface area contributed by atoms with E-state index in [0.29, 0.717) is 5.56 Å². The second-order valence-electron chi connectivity index (χ2n) is 6.52. The van der Waals surface area contributed by atoms with E-state index in [1.54, 1.807) is 0 Å². The molecule has 2 nitrogen and oxygen atoms in total. The zero-order chi connectivity index (χ0) is 16.0. The molecule has 2 aromatic rings. The van der Waals surface area contributed by atoms with Crippen LogP contribution in [0, 0.1) is 5.41 Å². The van der Waals surface area contributed by atoms with E-state index in [9.17, 15) is 4.79 Å². The highest BCUT2D eigenvalue weighted by Gasteiger charge is 2.24. The summed E-state index contributed by atoms with van der Waals surface area (Å²) in [5, 5.41) is 3.20. The minimum atomic E-state index is -0.0126. The van der Waals surface area contributed by atoms with Crippen LogP contribution in [0.2, 0.25) is 0 Å². The molecule has 0 aliphatic rings. The molecule has 2 heteroatoms. The van der Waals surface area contributed by atoms with Gasteiger partial charge in [0.05, 0.1) is 6.04 Å². The van der Waals surface area contributed by atoms with E-state index in [-0.39, 0.29) is 17.4 Å². The Morgan fingerprint density at radius 1 is 1.00 bits per heavy atom. The Bertz CT molecular complexity index is 590. The van der Waals surface area contributed by atoms with Gasteiger partial charge in [-0.1, -0.05) is 75.7 Å². The lowest BCUT2D eigenvalue weighted by Gasteiger charge is -2.29. The average Bonchev–Trinajstić information content (AvgIpc) is 2.55. The van der Waals surface area contributed by atoms with Gasteiger partial charge in [0.15, 0.2) is 0 Å². The van der Waals surface area contributed by atoms with Crippen molar-refractivity contribution in [3.63, 3.8) is 0 Å². The summed E-state index contributed by atoms with van der Waals surface area (Å²) >= 11 is 0. The molecule has 0 saturated carbocycles. The van der Waals surface area contributed by atoms with Crippen LogP contribution in [0.15, 0.2) is 60.7 Å². The molecule has 116 valence electrons. The highest BCUT2D eigenvalue weighted by Crippen LogP contribution is 2.32. The SMILES string of the molecule is CCC(C)(C)C[C@@H](NC(=O)c1ccccc1)c1ccccc1. The summed E-state index contributed by atoms with van der Waals surface area (Å²) in [6, 6.07) is 19.7. The summed E-state index contributed by atoms with van der Waals surface area (Å²) in [5.74, 6) is -0.0126. The predicted octanol–water partition coefficient (Wildman–Crippen LogP) is 4.98. The van der Waals surface area contributed by atoms with Crippen LogP contribution < -0.4 is 5.32 Å². The Hall–Kier alpha value is -2.09. The minimum Gasteiger partial charge on any atom is -0.345 e. The van der Waals surface area contributed by atoms with Crippen LogP contribution in [0.4, 0.5) is 0 Å². The Morgan fingerprint density at radius 2 is 1.55 bits per heavy atom. The van der Waals surface area contributed by atoms with Crippen LogP contribution in [0.1, 0.15) is 55.6 Å². The van der Waals surface area contributed by atoms with Crippen molar-refractivity contribution >= 4 is 5.91 Å². The zero-order valence-electron chi connectivity index (χ0n) is 13.7. The summed E-state index contributed by atoms with van der Waals surface area (Å²) in [4.78, 5) is 12.5. The summed E-state index contributed by atoms with van der Waals surface area (Å²) in [6.07, 6.45) is 2.00. The van der Waals surface area contributed by atoms with Crippen LogP contribution in [0.5, 0.6) is 0 Å². The average molecular weight is 295 g/mol. The van der Waals surface area contributed by atoms with Gasteiger partial charge in [-0.15, -0.1) is 0 Å². The van der Waals surface area contributed by atoms with Crippen molar-refractivity contribution in [2.75, 3.05) is 0 Å². The predicted molar refractivity (Wildman–Crippen MR) is 91.8 cm³/mol. The lowest BCUT2D eigenvalue weighted by molar-refractivity contribution is 0.0923. The standard InChI is InChI=1S/C20H25NO/c1-4-20(2,3)15-18(16-11-7-5-8-12-16)21-19(22)17-13-9-6-10-14-17/h5-14,18H,4,15H2,1-3H3,(H,21,22)/t18-/m1/s1. The number of amides is 1. The molecule has 1 amide bonds. The number of hydrogen-bond donors (Lipinski definition) is 1. The van der Waals surface area contributed by atoms with Gasteiger partial charge in [-0.2, -0.15) is 0 Å². The molecule has 0 aromatic heterocycles. The van der Waals surface area contributed by atoms with Gasteiger partial charge in [-0.3, -0.25) is 4.79 Å². The van der Waals surface area contributed by atoms with Crippen molar-refractivity contribution in [3.05, 3.63) is 71.8 Å². The number of rotatable bonds is 6. The number of benzene rings is 2. The van der Waals surface area contributed by atoms with E-state index in [2.05, 4.69) is 38.2 Å². The minimum absolute atomic E-state index is 0.0126. The van der Waals surface area contributed by atoms with E-state index >= 15 is 0 Å². The van der Waals surface area contributed by atoms with Gasteiger partial charge >= 0.3 is 0 Å². The van der Waals surface area contributed by atoms with Crippen molar-refractivity contribution in [2.24, 2.45) is 5.41 Å². The number of hydrogen-bond acceptors (Lipinski definition) is 1. The number of carbonyl (C=O) groups excluding carboxylic acids is 1. The highest BCUT2D eigenvalue weighted by atomic mass is 16.1. The molecule has 2 aromatic carbocycles. The second kappa shape index (κ2) is 7.26. The molecule has 0 heterocycles. The molecule has 0 aliphatic carbocycles. The van der Waals surface area contributed by atoms with Crippen LogP contribution in [-0.2, 0) is 0 Å². The Balaban J connectivity index is 2.20. The first kappa shape index (κ1) is 16.3. The van der Waals surface area contributed by atoms with Gasteiger partial charge < -0.3 is 5.32 Å². The third kappa shape index (κ3) is 4.45. The monoisotopic (exact) mass is 295 g/mol. The smallest absolute Gasteiger partial charge is 0.251 e. The topological polar surface area (TPSA) is 29.1 Å². The fraction of sp³-hybridized carbons (Fsp3) is 0.350. The molecule has 1 atom stereocenters. The van der Waals surface area contributed by atoms with Gasteiger partial charge in [-0.25, -0.2) is 0 Å². The second-order valence-corrected chi connectivity index (χ2v) is 6.52. The number of nitrogens with one attached hydrogen (secondary N) is 1. The molecule has 0 bridgehead atoms. The summed E-state index contributed by atoms with van der Waals surface area (Å²) < 4.78 is 0. The zero-order valence-corrected chi connectivity index (χ0v) is 13.7. The third-order valence-corrected chi connectivity index (χ3v) is 4.26. The lowest BCUT2D eigenvalue weighted by atomic mass is 9.81. The van der Waals surface area contributed by atoms with Crippen molar-refractivity contribution in [1.29, 1.82) is 0 Å². The highest BCUT2D eigenvalue weighted by molar-refractivity contribution is 5.94. The first-order valence-corrected chi connectivity index (χ1v) is 7.93. The molecular formula is C20H25NO. The Labute approximate surface area is 133 Å². The molecule has 0 saturated heterocycles. The Kier molecular flexibility index (Phi) is 5.37. The van der Waals surface area contributed by atoms with Crippen molar-refractivity contribution < 1.29 is 4.79 Å². The normalized spacial score (nSPS) is 12.7. The molecule has 1 N–H and O–H groups in total. The molecule has 0 spiro atoms. The fourth-order valence-corrected chi connectivity index (χ4v) is 2.47. The third-order valence-electron chi connectivity index (χ3n) is 4.26. The molecular weight excluding hydrogens is 270 g/mol. The number of carbonyl (C=O) groups is 1. The maximum absolute atomic E-state index is 12.5. The van der Waals surface area contributed by atoms with Crippen molar-refractivity contribution in [1.82, 2.24) is 5.32 Å². The van der Waals surface area contributed by atoms with Gasteiger partial charge in [0.2, 0.25) is 0 Å². The van der Waals surface area contributed by atoms with Crippen LogP contribution in [-0.4, -0.2) is 5.91 Å². The van der Waals surface area contributed by atoms with E-state index < -0.39 is 0 Å². The van der Waals surface area contributed by atoms with Gasteiger partial charge in [0, 0.05) is 5.56 Å². The molecule has 22 heavy (non-hydrogen) atoms. The van der Waals surface area contributed by atoms with E-state index in [1.807, 2.05) is 48.5 Å². The molecule has 2 rings (SSSR count). The summed E-state index contributed by atoms with van der Waals surface area (Å²) in [7, 11) is 0. The van der Waals surface area contributed by atoms with Gasteiger partial charge in [0.25, 0.3) is 5.91 Å². The first-order chi connectivity index (χ1) is 10.5. The van der Waals surface area contributed by atoms with E-state index in [1.165, 1.54) is 0 Å². The maximum Gasteiger partial charge on any atom is 0.251 e. The summed E-state index contributed by atoms with van der Waals surface area (Å²) in [5.41, 5.74) is 2.05. The van der Waals surface area contributed by atoms with Crippen LogP contribution in [0.25, 0.3) is 0 Å². The van der Waals surface area contributed by atoms with E-state index in [0.717, 1.165) is 18.4 Å². The molecule has 0 unspecified atom stereocenters. The van der Waals surface area contributed by atoms with Crippen LogP contribution in [0.3, 0.4) is 0 Å². The van der Waals surface area contributed by atoms with Gasteiger partial charge in [0.1, 0.15) is 0 Å². The fourth-order valence-electron chi connectivity index (χ4n) is 2.47. The largest absolute Gasteiger partial charge is 0.345 e. The first-order valence-electron chi connectivity index (χ1n) is 7.93. The molecule has 0 aliphatic heterocycles. The molecule has 0 fully saturated rings. The quantitative estimate of drug-likeness (QED) is 0.799. The van der Waals surface area contributed by atoms with Gasteiger partial charge in [-0.05, 0) is 29.5 Å². The van der Waals surface area contributed by atoms with Crippen molar-refractivity contribution in [3.8, 4) is 0 Å². The van der Waals surface area contributed by atoms with E-state index in [4.69, 9.17) is 0 Å².